The molecule has 1 N–H and O–H groups in total. The molecule has 130 valence electrons. The summed E-state index contributed by atoms with van der Waals surface area (Å²) in [7, 11) is 2.13. The Morgan fingerprint density at radius 2 is 2.04 bits per heavy atom. The fourth-order valence-corrected chi connectivity index (χ4v) is 3.66. The minimum atomic E-state index is -0.00652. The Morgan fingerprint density at radius 1 is 1.20 bits per heavy atom. The van der Waals surface area contributed by atoms with Gasteiger partial charge in [-0.05, 0) is 43.7 Å². The first-order valence-electron chi connectivity index (χ1n) is 8.81. The van der Waals surface area contributed by atoms with E-state index in [1.54, 1.807) is 0 Å². The van der Waals surface area contributed by atoms with E-state index in [4.69, 9.17) is 4.74 Å². The van der Waals surface area contributed by atoms with Crippen LogP contribution in [0.15, 0.2) is 53.3 Å². The molecule has 0 saturated heterocycles. The second-order valence-electron chi connectivity index (χ2n) is 6.71. The lowest BCUT2D eigenvalue weighted by atomic mass is 9.99. The summed E-state index contributed by atoms with van der Waals surface area (Å²) in [5.41, 5.74) is 3.26. The first-order valence-corrected chi connectivity index (χ1v) is 8.81. The molecule has 0 aliphatic carbocycles. The van der Waals surface area contributed by atoms with E-state index >= 15 is 0 Å². The lowest BCUT2D eigenvalue weighted by Crippen LogP contribution is -2.42. The molecule has 3 aromatic rings. The number of benzene rings is 2. The van der Waals surface area contributed by atoms with Gasteiger partial charge in [-0.1, -0.05) is 30.3 Å². The fraction of sp³-hybridized carbons (Fsp3) is 0.350. The number of imidazole rings is 1. The van der Waals surface area contributed by atoms with Crippen molar-refractivity contribution in [1.82, 2.24) is 14.5 Å². The summed E-state index contributed by atoms with van der Waals surface area (Å²) in [5, 5.41) is 0. The zero-order chi connectivity index (χ0) is 17.2. The molecule has 1 aromatic heterocycles. The number of aromatic amines is 1. The van der Waals surface area contributed by atoms with Crippen LogP contribution in [0.25, 0.3) is 11.0 Å². The van der Waals surface area contributed by atoms with Gasteiger partial charge in [0.2, 0.25) is 0 Å². The molecule has 25 heavy (non-hydrogen) atoms. The smallest absolute Gasteiger partial charge is 0.326 e. The Morgan fingerprint density at radius 3 is 2.88 bits per heavy atom. The van der Waals surface area contributed by atoms with Gasteiger partial charge in [0.05, 0.1) is 17.6 Å². The maximum absolute atomic E-state index is 12.2. The molecule has 0 fully saturated rings. The number of H-pyrrole nitrogens is 1. The summed E-state index contributed by atoms with van der Waals surface area (Å²) in [6, 6.07) is 16.4. The van der Waals surface area contributed by atoms with Gasteiger partial charge in [0.25, 0.3) is 0 Å². The average Bonchev–Trinajstić information content (AvgIpc) is 2.97. The van der Waals surface area contributed by atoms with Crippen molar-refractivity contribution in [1.29, 1.82) is 0 Å². The molecule has 1 atom stereocenters. The molecule has 1 aliphatic heterocycles. The van der Waals surface area contributed by atoms with E-state index in [2.05, 4.69) is 23.0 Å². The molecule has 5 heteroatoms. The van der Waals surface area contributed by atoms with E-state index in [1.165, 1.54) is 5.56 Å². The number of rotatable bonds is 6. The zero-order valence-electron chi connectivity index (χ0n) is 14.4. The lowest BCUT2D eigenvalue weighted by molar-refractivity contribution is 0.193. The van der Waals surface area contributed by atoms with Crippen molar-refractivity contribution < 1.29 is 4.74 Å². The summed E-state index contributed by atoms with van der Waals surface area (Å²) in [6.45, 7) is 2.39. The third-order valence-electron chi connectivity index (χ3n) is 5.02. The van der Waals surface area contributed by atoms with Crippen LogP contribution < -0.4 is 10.4 Å². The van der Waals surface area contributed by atoms with Crippen LogP contribution >= 0.6 is 0 Å². The van der Waals surface area contributed by atoms with Gasteiger partial charge in [0.15, 0.2) is 0 Å². The van der Waals surface area contributed by atoms with E-state index < -0.39 is 0 Å². The fourth-order valence-electron chi connectivity index (χ4n) is 3.66. The molecule has 2 heterocycles. The van der Waals surface area contributed by atoms with Crippen LogP contribution in [0.3, 0.4) is 0 Å². The van der Waals surface area contributed by atoms with Gasteiger partial charge in [0, 0.05) is 19.1 Å². The second-order valence-corrected chi connectivity index (χ2v) is 6.71. The van der Waals surface area contributed by atoms with E-state index in [9.17, 15) is 4.79 Å². The minimum absolute atomic E-state index is 0.00652. The molecule has 0 spiro atoms. The maximum atomic E-state index is 12.2. The monoisotopic (exact) mass is 337 g/mol. The van der Waals surface area contributed by atoms with E-state index in [0.29, 0.717) is 12.6 Å². The van der Waals surface area contributed by atoms with Gasteiger partial charge < -0.3 is 14.6 Å². The first-order chi connectivity index (χ1) is 12.2. The molecular weight excluding hydrogens is 314 g/mol. The van der Waals surface area contributed by atoms with Crippen molar-refractivity contribution in [2.24, 2.45) is 0 Å². The normalized spacial score (nSPS) is 16.5. The molecule has 1 aliphatic rings. The van der Waals surface area contributed by atoms with Gasteiger partial charge in [-0.3, -0.25) is 4.57 Å². The van der Waals surface area contributed by atoms with E-state index in [1.807, 2.05) is 47.0 Å². The topological polar surface area (TPSA) is 50.3 Å². The summed E-state index contributed by atoms with van der Waals surface area (Å²) < 4.78 is 7.65. The third-order valence-corrected chi connectivity index (χ3v) is 5.02. The van der Waals surface area contributed by atoms with Crippen molar-refractivity contribution in [3.05, 3.63) is 64.6 Å². The van der Waals surface area contributed by atoms with E-state index in [0.717, 1.165) is 42.7 Å². The number of hydrogen-bond donors (Lipinski definition) is 1. The lowest BCUT2D eigenvalue weighted by Gasteiger charge is -2.31. The number of nitrogens with zero attached hydrogens (tertiary/aromatic N) is 2. The Bertz CT molecular complexity index is 914. The number of para-hydroxylation sites is 2. The van der Waals surface area contributed by atoms with Crippen molar-refractivity contribution in [3.63, 3.8) is 0 Å². The molecule has 4 rings (SSSR count). The molecular formula is C20H23N3O2. The minimum Gasteiger partial charge on any atom is -0.494 e. The Balaban J connectivity index is 1.36. The average molecular weight is 337 g/mol. The van der Waals surface area contributed by atoms with Crippen LogP contribution in [0.2, 0.25) is 0 Å². The highest BCUT2D eigenvalue weighted by Crippen LogP contribution is 2.24. The van der Waals surface area contributed by atoms with Crippen molar-refractivity contribution in [3.8, 4) is 5.75 Å². The zero-order valence-corrected chi connectivity index (χ0v) is 14.4. The summed E-state index contributed by atoms with van der Waals surface area (Å²) in [4.78, 5) is 17.5. The predicted molar refractivity (Wildman–Crippen MR) is 99.2 cm³/mol. The van der Waals surface area contributed by atoms with Gasteiger partial charge in [-0.2, -0.15) is 0 Å². The number of nitrogens with one attached hydrogen (secondary N) is 1. The molecule has 0 saturated carbocycles. The quantitative estimate of drug-likeness (QED) is 0.704. The molecule has 5 nitrogen and oxygen atoms in total. The summed E-state index contributed by atoms with van der Waals surface area (Å²) >= 11 is 0. The highest BCUT2D eigenvalue weighted by Gasteiger charge is 2.25. The maximum Gasteiger partial charge on any atom is 0.326 e. The Kier molecular flexibility index (Phi) is 4.32. The van der Waals surface area contributed by atoms with Crippen LogP contribution in [0.4, 0.5) is 0 Å². The highest BCUT2D eigenvalue weighted by atomic mass is 16.5. The molecule has 0 radical (unpaired) electrons. The Hall–Kier alpha value is -2.53. The first kappa shape index (κ1) is 16.0. The molecule has 0 unspecified atom stereocenters. The van der Waals surface area contributed by atoms with Gasteiger partial charge in [0.1, 0.15) is 5.75 Å². The van der Waals surface area contributed by atoms with Crippen LogP contribution in [0, 0.1) is 0 Å². The number of likely N-dealkylation sites (N-methyl/N-ethyl adjacent to an activating group) is 1. The molecule has 0 amide bonds. The number of hydrogen-bond acceptors (Lipinski definition) is 3. The summed E-state index contributed by atoms with van der Waals surface area (Å²) in [5.74, 6) is 0.915. The van der Waals surface area contributed by atoms with Crippen molar-refractivity contribution in [2.45, 2.75) is 25.4 Å². The summed E-state index contributed by atoms with van der Waals surface area (Å²) in [6.07, 6.45) is 1.94. The van der Waals surface area contributed by atoms with Crippen LogP contribution in [0.1, 0.15) is 12.0 Å². The van der Waals surface area contributed by atoms with Crippen molar-refractivity contribution >= 4 is 11.0 Å². The number of ether oxygens (including phenoxy) is 1. The van der Waals surface area contributed by atoms with Crippen molar-refractivity contribution in [2.75, 3.05) is 20.2 Å². The standard InChI is InChI=1S/C20H23N3O2/c1-22(11-6-12-25-17-8-3-2-4-9-17)16-13-15-7-5-10-18-19(15)23(14-16)20(24)21-18/h2-5,7-10,16H,6,11-14H2,1H3,(H,21,24)/t16-/m0/s1. The van der Waals surface area contributed by atoms with Crippen LogP contribution in [0.5, 0.6) is 5.75 Å². The Labute approximate surface area is 146 Å². The molecule has 0 bridgehead atoms. The van der Waals surface area contributed by atoms with Gasteiger partial charge in [-0.25, -0.2) is 4.79 Å². The molecule has 2 aromatic carbocycles. The van der Waals surface area contributed by atoms with Gasteiger partial charge in [-0.15, -0.1) is 0 Å². The van der Waals surface area contributed by atoms with Crippen LogP contribution in [-0.2, 0) is 13.0 Å². The number of aromatic nitrogens is 2. The third kappa shape index (κ3) is 3.20. The van der Waals surface area contributed by atoms with Crippen LogP contribution in [-0.4, -0.2) is 40.7 Å². The van der Waals surface area contributed by atoms with Gasteiger partial charge >= 0.3 is 5.69 Å². The predicted octanol–water partition coefficient (Wildman–Crippen LogP) is 2.66. The second kappa shape index (κ2) is 6.76. The SMILES string of the molecule is CN(CCCOc1ccccc1)[C@H]1Cc2cccc3[nH]c(=O)n(c23)C1. The highest BCUT2D eigenvalue weighted by molar-refractivity contribution is 5.79. The van der Waals surface area contributed by atoms with E-state index in [-0.39, 0.29) is 5.69 Å². The largest absolute Gasteiger partial charge is 0.494 e.